The van der Waals surface area contributed by atoms with E-state index in [1.165, 1.54) is 13.3 Å². The maximum absolute atomic E-state index is 12.7. The average Bonchev–Trinajstić information content (AvgIpc) is 3.33. The van der Waals surface area contributed by atoms with Crippen molar-refractivity contribution in [3.05, 3.63) is 47.8 Å². The number of nitrogens with zero attached hydrogens (tertiary/aromatic N) is 4. The predicted octanol–water partition coefficient (Wildman–Crippen LogP) is 0.528. The molecular weight excluding hydrogens is 476 g/mol. The van der Waals surface area contributed by atoms with Gasteiger partial charge in [0.2, 0.25) is 16.0 Å². The molecule has 0 unspecified atom stereocenters. The Labute approximate surface area is 203 Å². The number of fused-ring (bicyclic) bond motifs is 3. The Morgan fingerprint density at radius 3 is 2.80 bits per heavy atom. The Balaban J connectivity index is 1.48. The number of rotatable bonds is 10. The molecule has 2 aromatic rings. The predicted molar refractivity (Wildman–Crippen MR) is 129 cm³/mol. The summed E-state index contributed by atoms with van der Waals surface area (Å²) in [6.07, 6.45) is 4.17. The zero-order chi connectivity index (χ0) is 24.8. The van der Waals surface area contributed by atoms with Crippen LogP contribution in [-0.2, 0) is 14.8 Å². The van der Waals surface area contributed by atoms with Gasteiger partial charge in [-0.05, 0) is 24.3 Å². The number of amidine groups is 1. The van der Waals surface area contributed by atoms with Gasteiger partial charge in [-0.2, -0.15) is 0 Å². The van der Waals surface area contributed by atoms with Crippen molar-refractivity contribution < 1.29 is 27.4 Å². The first-order valence-electron chi connectivity index (χ1n) is 10.9. The monoisotopic (exact) mass is 502 g/mol. The largest absolute Gasteiger partial charge is 0.491 e. The molecule has 13 heteroatoms. The molecule has 0 aliphatic carbocycles. The fraction of sp³-hybridized carbons (Fsp3) is 0.364. The molecule has 2 N–H and O–H groups in total. The zero-order valence-corrected chi connectivity index (χ0v) is 20.2. The number of ether oxygens (including phenoxy) is 3. The molecular formula is C22H26N6O6S. The first kappa shape index (κ1) is 24.6. The number of nitrogens with one attached hydrogen (secondary N) is 2. The number of amides is 1. The van der Waals surface area contributed by atoms with E-state index in [1.807, 2.05) is 11.0 Å². The molecule has 0 fully saturated rings. The van der Waals surface area contributed by atoms with Gasteiger partial charge in [0.15, 0.2) is 11.5 Å². The summed E-state index contributed by atoms with van der Waals surface area (Å²) in [4.78, 5) is 27.9. The van der Waals surface area contributed by atoms with E-state index in [0.29, 0.717) is 47.6 Å². The van der Waals surface area contributed by atoms with Gasteiger partial charge in [0, 0.05) is 31.0 Å². The summed E-state index contributed by atoms with van der Waals surface area (Å²) in [5, 5.41) is 2.85. The van der Waals surface area contributed by atoms with Gasteiger partial charge in [-0.1, -0.05) is 0 Å². The average molecular weight is 503 g/mol. The molecule has 35 heavy (non-hydrogen) atoms. The fourth-order valence-corrected chi connectivity index (χ4v) is 4.04. The van der Waals surface area contributed by atoms with Crippen LogP contribution in [0.5, 0.6) is 11.5 Å². The standard InChI is InChI=1S/C22H26N6O6S/c1-32-19-17(34-13-12-33-11-9-25-35(2,30)31)6-5-16-18(19)26-22(28-10-8-24-20(16)28)27-21(29)15-4-3-7-23-14-15/h3-7,14,25H,8-13H2,1-2H3,(H,26,27,29). The van der Waals surface area contributed by atoms with Crippen molar-refractivity contribution in [1.82, 2.24) is 19.9 Å². The van der Waals surface area contributed by atoms with Crippen LogP contribution < -0.4 is 19.5 Å². The number of hydrogen-bond donors (Lipinski definition) is 2. The molecule has 12 nitrogen and oxygen atoms in total. The SMILES string of the molecule is COc1c(OCCOCCNS(C)(=O)=O)ccc2c1N=C(NC(=O)c1cccnc1)N1CCN=C21. The zero-order valence-electron chi connectivity index (χ0n) is 19.4. The van der Waals surface area contributed by atoms with Crippen molar-refractivity contribution in [2.75, 3.05) is 52.8 Å². The Morgan fingerprint density at radius 2 is 2.06 bits per heavy atom. The normalized spacial score (nSPS) is 14.5. The summed E-state index contributed by atoms with van der Waals surface area (Å²) < 4.78 is 41.3. The van der Waals surface area contributed by atoms with Crippen LogP contribution in [-0.4, -0.2) is 88.8 Å². The van der Waals surface area contributed by atoms with Crippen molar-refractivity contribution in [3.63, 3.8) is 0 Å². The molecule has 186 valence electrons. The maximum Gasteiger partial charge on any atom is 0.259 e. The van der Waals surface area contributed by atoms with Crippen molar-refractivity contribution in [1.29, 1.82) is 0 Å². The molecule has 4 rings (SSSR count). The van der Waals surface area contributed by atoms with Gasteiger partial charge >= 0.3 is 0 Å². The molecule has 1 aromatic heterocycles. The Morgan fingerprint density at radius 1 is 1.20 bits per heavy atom. The van der Waals surface area contributed by atoms with Gasteiger partial charge < -0.3 is 14.2 Å². The van der Waals surface area contributed by atoms with Crippen LogP contribution in [0.25, 0.3) is 0 Å². The highest BCUT2D eigenvalue weighted by atomic mass is 32.2. The van der Waals surface area contributed by atoms with Gasteiger partial charge in [0.1, 0.15) is 18.1 Å². The van der Waals surface area contributed by atoms with E-state index in [4.69, 9.17) is 14.2 Å². The molecule has 0 atom stereocenters. The van der Waals surface area contributed by atoms with Crippen LogP contribution in [0.15, 0.2) is 46.6 Å². The maximum atomic E-state index is 12.7. The van der Waals surface area contributed by atoms with E-state index in [9.17, 15) is 13.2 Å². The third-order valence-corrected chi connectivity index (χ3v) is 5.83. The van der Waals surface area contributed by atoms with Gasteiger partial charge in [-0.3, -0.25) is 25.0 Å². The lowest BCUT2D eigenvalue weighted by Gasteiger charge is -2.28. The molecule has 3 heterocycles. The van der Waals surface area contributed by atoms with Crippen molar-refractivity contribution in [2.24, 2.45) is 9.98 Å². The molecule has 0 spiro atoms. The first-order chi connectivity index (χ1) is 16.9. The summed E-state index contributed by atoms with van der Waals surface area (Å²) in [5.41, 5.74) is 1.69. The van der Waals surface area contributed by atoms with Crippen LogP contribution >= 0.6 is 0 Å². The third-order valence-electron chi connectivity index (χ3n) is 5.10. The summed E-state index contributed by atoms with van der Waals surface area (Å²) in [7, 11) is -1.73. The lowest BCUT2D eigenvalue weighted by Crippen LogP contribution is -2.47. The number of methoxy groups -OCH3 is 1. The fourth-order valence-electron chi connectivity index (χ4n) is 3.58. The number of guanidine groups is 1. The van der Waals surface area contributed by atoms with Crippen LogP contribution in [0.4, 0.5) is 5.69 Å². The van der Waals surface area contributed by atoms with Gasteiger partial charge in [0.05, 0.1) is 38.7 Å². The highest BCUT2D eigenvalue weighted by Gasteiger charge is 2.33. The summed E-state index contributed by atoms with van der Waals surface area (Å²) >= 11 is 0. The van der Waals surface area contributed by atoms with Crippen molar-refractivity contribution in [3.8, 4) is 11.5 Å². The number of benzene rings is 1. The molecule has 2 aliphatic heterocycles. The summed E-state index contributed by atoms with van der Waals surface area (Å²) in [6.45, 7) is 2.03. The number of aliphatic imine (C=N–C) groups is 2. The van der Waals surface area contributed by atoms with Crippen LogP contribution in [0.1, 0.15) is 15.9 Å². The quantitative estimate of drug-likeness (QED) is 0.448. The second-order valence-electron chi connectivity index (χ2n) is 7.61. The lowest BCUT2D eigenvalue weighted by atomic mass is 10.1. The minimum Gasteiger partial charge on any atom is -0.491 e. The second kappa shape index (κ2) is 10.8. The lowest BCUT2D eigenvalue weighted by molar-refractivity contribution is 0.0973. The van der Waals surface area contributed by atoms with Crippen molar-refractivity contribution >= 4 is 33.4 Å². The topological polar surface area (TPSA) is 144 Å². The molecule has 2 aliphatic rings. The van der Waals surface area contributed by atoms with E-state index in [-0.39, 0.29) is 32.3 Å². The van der Waals surface area contributed by atoms with E-state index < -0.39 is 10.0 Å². The van der Waals surface area contributed by atoms with Crippen LogP contribution in [0, 0.1) is 0 Å². The molecule has 1 amide bonds. The molecule has 1 aromatic carbocycles. The highest BCUT2D eigenvalue weighted by molar-refractivity contribution is 7.88. The molecule has 0 saturated heterocycles. The van der Waals surface area contributed by atoms with E-state index >= 15 is 0 Å². The second-order valence-corrected chi connectivity index (χ2v) is 9.44. The smallest absolute Gasteiger partial charge is 0.259 e. The number of sulfonamides is 1. The Hall–Kier alpha value is -3.55. The third kappa shape index (κ3) is 5.93. The number of carbonyl (C=O) groups excluding carboxylic acids is 1. The van der Waals surface area contributed by atoms with E-state index in [2.05, 4.69) is 25.0 Å². The highest BCUT2D eigenvalue weighted by Crippen LogP contribution is 2.43. The molecule has 0 saturated carbocycles. The minimum atomic E-state index is -3.24. The van der Waals surface area contributed by atoms with Gasteiger partial charge in [-0.15, -0.1) is 0 Å². The van der Waals surface area contributed by atoms with E-state index in [0.717, 1.165) is 11.8 Å². The molecule has 0 radical (unpaired) electrons. The van der Waals surface area contributed by atoms with Crippen LogP contribution in [0.2, 0.25) is 0 Å². The number of pyridine rings is 1. The minimum absolute atomic E-state index is 0.182. The van der Waals surface area contributed by atoms with Crippen LogP contribution in [0.3, 0.4) is 0 Å². The number of aromatic nitrogens is 1. The first-order valence-corrected chi connectivity index (χ1v) is 12.7. The summed E-state index contributed by atoms with van der Waals surface area (Å²) in [6, 6.07) is 6.99. The number of hydrogen-bond acceptors (Lipinski definition) is 10. The molecule has 0 bridgehead atoms. The van der Waals surface area contributed by atoms with E-state index in [1.54, 1.807) is 24.4 Å². The number of carbonyl (C=O) groups is 1. The van der Waals surface area contributed by atoms with Crippen molar-refractivity contribution in [2.45, 2.75) is 0 Å². The summed E-state index contributed by atoms with van der Waals surface area (Å²) in [5.74, 6) is 1.57. The van der Waals surface area contributed by atoms with Gasteiger partial charge in [-0.25, -0.2) is 18.1 Å². The van der Waals surface area contributed by atoms with Gasteiger partial charge in [0.25, 0.3) is 5.91 Å². The Kier molecular flexibility index (Phi) is 7.58. The Bertz CT molecular complexity index is 1250.